The number of hydrogen-bond acceptors (Lipinski definition) is 2. The smallest absolute Gasteiger partial charge is 0.102 e. The summed E-state index contributed by atoms with van der Waals surface area (Å²) in [6.07, 6.45) is 9.35. The van der Waals surface area contributed by atoms with E-state index in [0.717, 1.165) is 23.4 Å². The predicted molar refractivity (Wildman–Crippen MR) is 63.2 cm³/mol. The second kappa shape index (κ2) is 4.76. The molecule has 0 bridgehead atoms. The van der Waals surface area contributed by atoms with Gasteiger partial charge in [-0.15, -0.1) is 11.8 Å². The molecule has 1 aromatic heterocycles. The van der Waals surface area contributed by atoms with Gasteiger partial charge in [-0.3, -0.25) is 0 Å². The lowest BCUT2D eigenvalue weighted by Gasteiger charge is -2.08. The number of rotatable bonds is 1. The van der Waals surface area contributed by atoms with E-state index < -0.39 is 0 Å². The molecule has 0 fully saturated rings. The number of nitrogens with zero attached hydrogens (tertiary/aromatic N) is 1. The first-order chi connectivity index (χ1) is 7.36. The molecule has 0 aliphatic heterocycles. The van der Waals surface area contributed by atoms with E-state index in [-0.39, 0.29) is 0 Å². The van der Waals surface area contributed by atoms with E-state index in [1.165, 1.54) is 36.9 Å². The Balaban J connectivity index is 2.41. The molecule has 1 heterocycles. The molecule has 0 radical (unpaired) electrons. The minimum absolute atomic E-state index is 0.902. The maximum Gasteiger partial charge on any atom is 0.102 e. The van der Waals surface area contributed by atoms with Gasteiger partial charge < -0.3 is 4.98 Å². The van der Waals surface area contributed by atoms with Crippen LogP contribution in [0.5, 0.6) is 0 Å². The summed E-state index contributed by atoms with van der Waals surface area (Å²) in [6.45, 7) is 0. The zero-order chi connectivity index (χ0) is 10.7. The maximum atomic E-state index is 9.17. The summed E-state index contributed by atoms with van der Waals surface area (Å²) in [7, 11) is 0. The van der Waals surface area contributed by atoms with Gasteiger partial charge in [0.1, 0.15) is 6.07 Å². The zero-order valence-corrected chi connectivity index (χ0v) is 9.91. The van der Waals surface area contributed by atoms with Gasteiger partial charge in [0.05, 0.1) is 10.6 Å². The van der Waals surface area contributed by atoms with Gasteiger partial charge in [-0.2, -0.15) is 5.26 Å². The molecule has 0 spiro atoms. The third kappa shape index (κ3) is 2.05. The van der Waals surface area contributed by atoms with Crippen molar-refractivity contribution in [3.8, 4) is 6.07 Å². The second-order valence-corrected chi connectivity index (χ2v) is 4.83. The first-order valence-corrected chi connectivity index (χ1v) is 6.77. The molecule has 3 heteroatoms. The Morgan fingerprint density at radius 1 is 1.20 bits per heavy atom. The summed E-state index contributed by atoms with van der Waals surface area (Å²) in [5, 5.41) is 10.2. The second-order valence-electron chi connectivity index (χ2n) is 4.02. The highest BCUT2D eigenvalue weighted by molar-refractivity contribution is 7.98. The molecule has 1 aliphatic rings. The summed E-state index contributed by atoms with van der Waals surface area (Å²) in [6, 6.07) is 2.35. The topological polar surface area (TPSA) is 39.6 Å². The molecule has 2 nitrogen and oxygen atoms in total. The van der Waals surface area contributed by atoms with Gasteiger partial charge in [-0.05, 0) is 37.5 Å². The van der Waals surface area contributed by atoms with Crippen molar-refractivity contribution in [3.05, 3.63) is 16.8 Å². The minimum atomic E-state index is 0.902. The molecule has 0 unspecified atom stereocenters. The van der Waals surface area contributed by atoms with Crippen LogP contribution >= 0.6 is 11.8 Å². The molecule has 2 rings (SSSR count). The van der Waals surface area contributed by atoms with Crippen LogP contribution < -0.4 is 0 Å². The van der Waals surface area contributed by atoms with E-state index in [1.54, 1.807) is 11.8 Å². The largest absolute Gasteiger partial charge is 0.352 e. The van der Waals surface area contributed by atoms with Crippen molar-refractivity contribution in [3.63, 3.8) is 0 Å². The summed E-state index contributed by atoms with van der Waals surface area (Å²) in [5.41, 5.74) is 3.51. The van der Waals surface area contributed by atoms with Crippen molar-refractivity contribution in [1.82, 2.24) is 4.98 Å². The van der Waals surface area contributed by atoms with Crippen LogP contribution in [0.15, 0.2) is 5.03 Å². The molecule has 0 atom stereocenters. The number of H-pyrrole nitrogens is 1. The Morgan fingerprint density at radius 2 is 1.93 bits per heavy atom. The molecule has 1 aliphatic carbocycles. The van der Waals surface area contributed by atoms with E-state index in [9.17, 15) is 5.26 Å². The molecule has 0 saturated heterocycles. The molecule has 0 amide bonds. The van der Waals surface area contributed by atoms with Crippen molar-refractivity contribution in [1.29, 1.82) is 5.26 Å². The molecular formula is C12H16N2S. The molecule has 1 aromatic rings. The number of hydrogen-bond donors (Lipinski definition) is 1. The van der Waals surface area contributed by atoms with E-state index in [1.807, 2.05) is 6.26 Å². The number of nitriles is 1. The Hall–Kier alpha value is -0.880. The van der Waals surface area contributed by atoms with Crippen molar-refractivity contribution >= 4 is 11.8 Å². The number of aryl methyl sites for hydroxylation is 1. The Kier molecular flexibility index (Phi) is 3.37. The van der Waals surface area contributed by atoms with Gasteiger partial charge in [0.25, 0.3) is 0 Å². The number of fused-ring (bicyclic) bond motifs is 1. The molecule has 80 valence electrons. The molecule has 1 N–H and O–H groups in total. The van der Waals surface area contributed by atoms with E-state index in [4.69, 9.17) is 0 Å². The van der Waals surface area contributed by atoms with E-state index in [2.05, 4.69) is 11.1 Å². The van der Waals surface area contributed by atoms with Crippen LogP contribution in [0.2, 0.25) is 0 Å². The average Bonchev–Trinajstić information content (AvgIpc) is 2.54. The Morgan fingerprint density at radius 3 is 2.60 bits per heavy atom. The molecule has 0 saturated carbocycles. The summed E-state index contributed by atoms with van der Waals surface area (Å²) >= 11 is 1.65. The van der Waals surface area contributed by atoms with Crippen molar-refractivity contribution < 1.29 is 0 Å². The standard InChI is InChI=1S/C12H16N2S/c1-15-12-10(8-13)9-6-4-2-3-5-7-11(9)14-12/h14H,2-7H2,1H3. The zero-order valence-electron chi connectivity index (χ0n) is 9.10. The highest BCUT2D eigenvalue weighted by Gasteiger charge is 2.17. The normalized spacial score (nSPS) is 16.3. The first-order valence-electron chi connectivity index (χ1n) is 5.54. The molecule has 0 aromatic carbocycles. The van der Waals surface area contributed by atoms with Crippen LogP contribution in [-0.2, 0) is 12.8 Å². The van der Waals surface area contributed by atoms with Gasteiger partial charge in [-0.1, -0.05) is 12.8 Å². The van der Waals surface area contributed by atoms with Crippen LogP contribution in [0.25, 0.3) is 0 Å². The summed E-state index contributed by atoms with van der Waals surface area (Å²) in [4.78, 5) is 3.41. The fourth-order valence-corrected chi connectivity index (χ4v) is 2.88. The van der Waals surface area contributed by atoms with Gasteiger partial charge in [-0.25, -0.2) is 0 Å². The van der Waals surface area contributed by atoms with Crippen molar-refractivity contribution in [2.45, 2.75) is 43.6 Å². The predicted octanol–water partition coefficient (Wildman–Crippen LogP) is 3.27. The van der Waals surface area contributed by atoms with Gasteiger partial charge in [0.15, 0.2) is 0 Å². The SMILES string of the molecule is CSc1[nH]c2c(c1C#N)CCCCCC2. The van der Waals surface area contributed by atoms with E-state index >= 15 is 0 Å². The highest BCUT2D eigenvalue weighted by Crippen LogP contribution is 2.29. The lowest BCUT2D eigenvalue weighted by molar-refractivity contribution is 0.612. The maximum absolute atomic E-state index is 9.17. The first kappa shape index (κ1) is 10.6. The fraction of sp³-hybridized carbons (Fsp3) is 0.583. The third-order valence-corrected chi connectivity index (χ3v) is 3.79. The fourth-order valence-electron chi connectivity index (χ4n) is 2.28. The molecular weight excluding hydrogens is 204 g/mol. The van der Waals surface area contributed by atoms with Crippen LogP contribution in [0.3, 0.4) is 0 Å². The van der Waals surface area contributed by atoms with E-state index in [0.29, 0.717) is 0 Å². The molecule has 15 heavy (non-hydrogen) atoms. The van der Waals surface area contributed by atoms with Crippen LogP contribution in [-0.4, -0.2) is 11.2 Å². The monoisotopic (exact) mass is 220 g/mol. The third-order valence-electron chi connectivity index (χ3n) is 3.08. The van der Waals surface area contributed by atoms with Crippen molar-refractivity contribution in [2.75, 3.05) is 6.26 Å². The number of thioether (sulfide) groups is 1. The van der Waals surface area contributed by atoms with Crippen molar-refractivity contribution in [2.24, 2.45) is 0 Å². The Bertz CT molecular complexity index is 387. The summed E-state index contributed by atoms with van der Waals surface area (Å²) < 4.78 is 0. The lowest BCUT2D eigenvalue weighted by Crippen LogP contribution is -1.98. The van der Waals surface area contributed by atoms with Gasteiger partial charge in [0, 0.05) is 5.69 Å². The minimum Gasteiger partial charge on any atom is -0.352 e. The van der Waals surface area contributed by atoms with Crippen LogP contribution in [0, 0.1) is 11.3 Å². The summed E-state index contributed by atoms with van der Waals surface area (Å²) in [5.74, 6) is 0. The quantitative estimate of drug-likeness (QED) is 0.738. The highest BCUT2D eigenvalue weighted by atomic mass is 32.2. The van der Waals surface area contributed by atoms with Crippen LogP contribution in [0.1, 0.15) is 42.5 Å². The van der Waals surface area contributed by atoms with Crippen LogP contribution in [0.4, 0.5) is 0 Å². The lowest BCUT2D eigenvalue weighted by atomic mass is 9.97. The van der Waals surface area contributed by atoms with Gasteiger partial charge in [0.2, 0.25) is 0 Å². The number of aromatic nitrogens is 1. The van der Waals surface area contributed by atoms with Gasteiger partial charge >= 0.3 is 0 Å². The Labute approximate surface area is 95.1 Å². The number of nitrogens with one attached hydrogen (secondary N) is 1. The average molecular weight is 220 g/mol. The number of aromatic amines is 1.